The molecule has 0 saturated heterocycles. The van der Waals surface area contributed by atoms with E-state index in [1.165, 1.54) is 32.9 Å². The molecule has 0 bridgehead atoms. The average molecular weight is 312 g/mol. The van der Waals surface area contributed by atoms with E-state index in [1.54, 1.807) is 0 Å². The van der Waals surface area contributed by atoms with Crippen LogP contribution in [0.15, 0.2) is 36.4 Å². The van der Waals surface area contributed by atoms with Crippen LogP contribution in [0.4, 0.5) is 0 Å². The lowest BCUT2D eigenvalue weighted by atomic mass is 9.83. The summed E-state index contributed by atoms with van der Waals surface area (Å²) in [6, 6.07) is 13.4. The minimum atomic E-state index is 0.189. The molecule has 0 N–H and O–H groups in total. The second-order valence-corrected chi connectivity index (χ2v) is 6.51. The van der Waals surface area contributed by atoms with Gasteiger partial charge >= 0.3 is 0 Å². The standard InChI is InChI=1S/C18H21N.2C2H6/c1-12-10-14-13-8-6-7-9-16(13)19(5)17(14)11-15(12)18(2,3)4;2*1-2/h6-11H,1-5H3;2*1-2H3. The first-order chi connectivity index (χ1) is 10.9. The molecule has 0 amide bonds. The molecule has 0 aliphatic carbocycles. The smallest absolute Gasteiger partial charge is 0.0491 e. The molecule has 1 nitrogen and oxygen atoms in total. The molecule has 0 aliphatic rings. The molecular weight excluding hydrogens is 278 g/mol. The van der Waals surface area contributed by atoms with Crippen LogP contribution in [0.25, 0.3) is 21.8 Å². The molecule has 0 atom stereocenters. The summed E-state index contributed by atoms with van der Waals surface area (Å²) in [6.07, 6.45) is 0. The largest absolute Gasteiger partial charge is 0.344 e. The van der Waals surface area contributed by atoms with Gasteiger partial charge in [-0.1, -0.05) is 66.7 Å². The van der Waals surface area contributed by atoms with Gasteiger partial charge < -0.3 is 4.57 Å². The van der Waals surface area contributed by atoms with Crippen LogP contribution < -0.4 is 0 Å². The Balaban J connectivity index is 0.000000615. The molecule has 0 spiro atoms. The summed E-state index contributed by atoms with van der Waals surface area (Å²) in [4.78, 5) is 0. The summed E-state index contributed by atoms with van der Waals surface area (Å²) in [6.45, 7) is 17.1. The Morgan fingerprint density at radius 2 is 1.35 bits per heavy atom. The predicted molar refractivity (Wildman–Crippen MR) is 107 cm³/mol. The summed E-state index contributed by atoms with van der Waals surface area (Å²) >= 11 is 0. The van der Waals surface area contributed by atoms with Gasteiger partial charge in [0.05, 0.1) is 0 Å². The fourth-order valence-corrected chi connectivity index (χ4v) is 3.12. The monoisotopic (exact) mass is 311 g/mol. The molecule has 0 radical (unpaired) electrons. The number of aryl methyl sites for hydroxylation is 2. The second-order valence-electron chi connectivity index (χ2n) is 6.51. The number of benzene rings is 2. The van der Waals surface area contributed by atoms with Crippen LogP contribution in [0, 0.1) is 6.92 Å². The van der Waals surface area contributed by atoms with Gasteiger partial charge in [-0.2, -0.15) is 0 Å². The van der Waals surface area contributed by atoms with Gasteiger partial charge in [0.1, 0.15) is 0 Å². The van der Waals surface area contributed by atoms with E-state index in [1.807, 2.05) is 27.7 Å². The Morgan fingerprint density at radius 3 is 1.91 bits per heavy atom. The molecule has 0 fully saturated rings. The van der Waals surface area contributed by atoms with Gasteiger partial charge in [-0.3, -0.25) is 0 Å². The van der Waals surface area contributed by atoms with E-state index in [2.05, 4.69) is 75.7 Å². The van der Waals surface area contributed by atoms with E-state index in [0.717, 1.165) is 0 Å². The summed E-state index contributed by atoms with van der Waals surface area (Å²) in [7, 11) is 2.16. The third kappa shape index (κ3) is 3.60. The van der Waals surface area contributed by atoms with Gasteiger partial charge in [-0.25, -0.2) is 0 Å². The molecule has 0 unspecified atom stereocenters. The van der Waals surface area contributed by atoms with Crippen LogP contribution in [0.5, 0.6) is 0 Å². The maximum Gasteiger partial charge on any atom is 0.0491 e. The molecule has 1 heterocycles. The highest BCUT2D eigenvalue weighted by Gasteiger charge is 2.18. The quantitative estimate of drug-likeness (QED) is 0.421. The molecule has 23 heavy (non-hydrogen) atoms. The third-order valence-electron chi connectivity index (χ3n) is 4.07. The third-order valence-corrected chi connectivity index (χ3v) is 4.07. The van der Waals surface area contributed by atoms with Gasteiger partial charge in [0, 0.05) is 28.9 Å². The van der Waals surface area contributed by atoms with Crippen molar-refractivity contribution in [3.63, 3.8) is 0 Å². The number of fused-ring (bicyclic) bond motifs is 3. The molecule has 0 aliphatic heterocycles. The summed E-state index contributed by atoms with van der Waals surface area (Å²) < 4.78 is 2.30. The van der Waals surface area contributed by atoms with E-state index >= 15 is 0 Å². The number of hydrogen-bond donors (Lipinski definition) is 0. The van der Waals surface area contributed by atoms with E-state index in [9.17, 15) is 0 Å². The average Bonchev–Trinajstić information content (AvgIpc) is 2.82. The minimum Gasteiger partial charge on any atom is -0.344 e. The SMILES string of the molecule is CC.CC.Cc1cc2c3ccccc3n(C)c2cc1C(C)(C)C. The first-order valence-electron chi connectivity index (χ1n) is 8.88. The van der Waals surface area contributed by atoms with Crippen LogP contribution in [-0.2, 0) is 12.5 Å². The number of nitrogens with zero attached hydrogens (tertiary/aromatic N) is 1. The molecule has 3 rings (SSSR count). The highest BCUT2D eigenvalue weighted by atomic mass is 14.9. The first-order valence-corrected chi connectivity index (χ1v) is 8.88. The molecule has 3 aromatic rings. The molecular formula is C22H33N. The summed E-state index contributed by atoms with van der Waals surface area (Å²) in [5.74, 6) is 0. The van der Waals surface area contributed by atoms with Gasteiger partial charge in [0.25, 0.3) is 0 Å². The lowest BCUT2D eigenvalue weighted by Gasteiger charge is -2.22. The van der Waals surface area contributed by atoms with Gasteiger partial charge in [-0.05, 0) is 41.7 Å². The van der Waals surface area contributed by atoms with E-state index in [-0.39, 0.29) is 5.41 Å². The molecule has 1 heteroatoms. The van der Waals surface area contributed by atoms with Crippen LogP contribution in [0.3, 0.4) is 0 Å². The van der Waals surface area contributed by atoms with Gasteiger partial charge in [0.2, 0.25) is 0 Å². The number of para-hydroxylation sites is 1. The van der Waals surface area contributed by atoms with Crippen LogP contribution in [0.2, 0.25) is 0 Å². The highest BCUT2D eigenvalue weighted by Crippen LogP contribution is 2.34. The maximum atomic E-state index is 2.37. The number of rotatable bonds is 0. The lowest BCUT2D eigenvalue weighted by Crippen LogP contribution is -2.13. The highest BCUT2D eigenvalue weighted by molar-refractivity contribution is 6.08. The van der Waals surface area contributed by atoms with Crippen LogP contribution in [0.1, 0.15) is 59.6 Å². The fourth-order valence-electron chi connectivity index (χ4n) is 3.12. The Labute approximate surface area is 142 Å². The number of hydrogen-bond acceptors (Lipinski definition) is 0. The van der Waals surface area contributed by atoms with Gasteiger partial charge in [0.15, 0.2) is 0 Å². The van der Waals surface area contributed by atoms with Crippen molar-refractivity contribution in [2.24, 2.45) is 7.05 Å². The van der Waals surface area contributed by atoms with Crippen molar-refractivity contribution in [1.82, 2.24) is 4.57 Å². The molecule has 1 aromatic heterocycles. The van der Waals surface area contributed by atoms with Crippen molar-refractivity contribution in [2.75, 3.05) is 0 Å². The van der Waals surface area contributed by atoms with Crippen molar-refractivity contribution in [1.29, 1.82) is 0 Å². The first kappa shape index (κ1) is 19.3. The number of aromatic nitrogens is 1. The van der Waals surface area contributed by atoms with Crippen molar-refractivity contribution in [3.05, 3.63) is 47.5 Å². The fraction of sp³-hybridized carbons (Fsp3) is 0.455. The lowest BCUT2D eigenvalue weighted by molar-refractivity contribution is 0.587. The van der Waals surface area contributed by atoms with E-state index in [0.29, 0.717) is 0 Å². The van der Waals surface area contributed by atoms with Crippen molar-refractivity contribution < 1.29 is 0 Å². The van der Waals surface area contributed by atoms with E-state index in [4.69, 9.17) is 0 Å². The minimum absolute atomic E-state index is 0.189. The molecule has 0 saturated carbocycles. The zero-order chi connectivity index (χ0) is 17.8. The second kappa shape index (κ2) is 7.68. The van der Waals surface area contributed by atoms with Crippen molar-refractivity contribution in [3.8, 4) is 0 Å². The Bertz CT molecular complexity index is 770. The zero-order valence-electron chi connectivity index (χ0n) is 16.4. The van der Waals surface area contributed by atoms with E-state index < -0.39 is 0 Å². The van der Waals surface area contributed by atoms with Gasteiger partial charge in [-0.15, -0.1) is 0 Å². The van der Waals surface area contributed by atoms with Crippen molar-refractivity contribution in [2.45, 2.75) is 60.8 Å². The normalized spacial score (nSPS) is 10.8. The Morgan fingerprint density at radius 1 is 0.783 bits per heavy atom. The van der Waals surface area contributed by atoms with Crippen LogP contribution >= 0.6 is 0 Å². The maximum absolute atomic E-state index is 2.37. The predicted octanol–water partition coefficient (Wildman–Crippen LogP) is 6.99. The van der Waals surface area contributed by atoms with Crippen molar-refractivity contribution >= 4 is 21.8 Å². The topological polar surface area (TPSA) is 4.93 Å². The van der Waals surface area contributed by atoms with Crippen LogP contribution in [-0.4, -0.2) is 4.57 Å². The molecule has 126 valence electrons. The Kier molecular flexibility index (Phi) is 6.44. The summed E-state index contributed by atoms with van der Waals surface area (Å²) in [5, 5.41) is 2.71. The molecule has 2 aromatic carbocycles. The zero-order valence-corrected chi connectivity index (χ0v) is 16.4. The Hall–Kier alpha value is -1.76. The summed E-state index contributed by atoms with van der Waals surface area (Å²) in [5.41, 5.74) is 5.65.